The molecule has 2 rings (SSSR count). The third-order valence-electron chi connectivity index (χ3n) is 3.16. The van der Waals surface area contributed by atoms with Crippen molar-refractivity contribution in [3.05, 3.63) is 46.7 Å². The Bertz CT molecular complexity index is 593. The largest absolute Gasteiger partial charge is 0.496 e. The summed E-state index contributed by atoms with van der Waals surface area (Å²) in [7, 11) is 1.66. The van der Waals surface area contributed by atoms with Gasteiger partial charge in [0.25, 0.3) is 0 Å². The van der Waals surface area contributed by atoms with Crippen molar-refractivity contribution in [3.63, 3.8) is 0 Å². The minimum atomic E-state index is 0.379. The lowest BCUT2D eigenvalue weighted by molar-refractivity contribution is 0.416. The Morgan fingerprint density at radius 1 is 1.26 bits per heavy atom. The van der Waals surface area contributed by atoms with E-state index in [9.17, 15) is 0 Å². The van der Waals surface area contributed by atoms with E-state index in [1.54, 1.807) is 7.11 Å². The van der Waals surface area contributed by atoms with Crippen molar-refractivity contribution in [2.45, 2.75) is 26.7 Å². The fraction of sp³-hybridized carbons (Fsp3) is 0.312. The monoisotopic (exact) mass is 275 g/mol. The van der Waals surface area contributed by atoms with Gasteiger partial charge >= 0.3 is 0 Å². The van der Waals surface area contributed by atoms with Crippen molar-refractivity contribution in [2.75, 3.05) is 7.11 Å². The van der Waals surface area contributed by atoms with Gasteiger partial charge in [-0.2, -0.15) is 0 Å². The average molecular weight is 276 g/mol. The molecule has 100 valence electrons. The summed E-state index contributed by atoms with van der Waals surface area (Å²) in [6, 6.07) is 7.78. The van der Waals surface area contributed by atoms with Gasteiger partial charge in [-0.3, -0.25) is 4.98 Å². The Morgan fingerprint density at radius 2 is 2.00 bits per heavy atom. The van der Waals surface area contributed by atoms with Gasteiger partial charge in [-0.25, -0.2) is 0 Å². The highest BCUT2D eigenvalue weighted by atomic mass is 35.5. The van der Waals surface area contributed by atoms with Gasteiger partial charge in [-0.1, -0.05) is 31.5 Å². The van der Waals surface area contributed by atoms with Crippen LogP contribution in [0, 0.1) is 6.92 Å². The van der Waals surface area contributed by atoms with Gasteiger partial charge in [-0.05, 0) is 42.2 Å². The molecule has 0 atom stereocenters. The van der Waals surface area contributed by atoms with Crippen LogP contribution >= 0.6 is 11.6 Å². The van der Waals surface area contributed by atoms with E-state index in [1.807, 2.05) is 31.3 Å². The summed E-state index contributed by atoms with van der Waals surface area (Å²) in [5, 5.41) is 0.701. The summed E-state index contributed by atoms with van der Waals surface area (Å²) in [6.45, 7) is 6.29. The van der Waals surface area contributed by atoms with Crippen LogP contribution < -0.4 is 4.74 Å². The number of hydrogen-bond acceptors (Lipinski definition) is 2. The fourth-order valence-electron chi connectivity index (χ4n) is 2.18. The molecular formula is C16H18ClNO. The third kappa shape index (κ3) is 2.74. The number of aryl methyl sites for hydroxylation is 1. The van der Waals surface area contributed by atoms with Crippen LogP contribution in [-0.2, 0) is 0 Å². The number of methoxy groups -OCH3 is 1. The molecule has 2 nitrogen and oxygen atoms in total. The minimum absolute atomic E-state index is 0.379. The smallest absolute Gasteiger partial charge is 0.128 e. The van der Waals surface area contributed by atoms with Crippen LogP contribution in [0.15, 0.2) is 30.5 Å². The van der Waals surface area contributed by atoms with E-state index in [1.165, 1.54) is 5.56 Å². The molecule has 2 aromatic rings. The standard InChI is InChI=1S/C16H18ClNO/c1-10(2)13-9-18-11(3)8-12(13)16-14(17)6-5-7-15(16)19-4/h5-10H,1-4H3. The van der Waals surface area contributed by atoms with Crippen molar-refractivity contribution in [3.8, 4) is 16.9 Å². The van der Waals surface area contributed by atoms with Gasteiger partial charge in [0.2, 0.25) is 0 Å². The summed E-state index contributed by atoms with van der Waals surface area (Å²) in [5.74, 6) is 1.17. The Kier molecular flexibility index (Phi) is 4.11. The normalized spacial score (nSPS) is 10.8. The number of nitrogens with zero attached hydrogens (tertiary/aromatic N) is 1. The maximum Gasteiger partial charge on any atom is 0.128 e. The van der Waals surface area contributed by atoms with Crippen molar-refractivity contribution in [2.24, 2.45) is 0 Å². The molecule has 0 radical (unpaired) electrons. The molecule has 0 saturated carbocycles. The van der Waals surface area contributed by atoms with Gasteiger partial charge in [-0.15, -0.1) is 0 Å². The van der Waals surface area contributed by atoms with Gasteiger partial charge in [0.05, 0.1) is 12.1 Å². The van der Waals surface area contributed by atoms with Crippen LogP contribution in [0.5, 0.6) is 5.75 Å². The van der Waals surface area contributed by atoms with E-state index in [0.29, 0.717) is 10.9 Å². The number of aromatic nitrogens is 1. The fourth-order valence-corrected chi connectivity index (χ4v) is 2.45. The second-order valence-electron chi connectivity index (χ2n) is 4.88. The van der Waals surface area contributed by atoms with E-state index in [2.05, 4.69) is 24.9 Å². The van der Waals surface area contributed by atoms with Crippen LogP contribution in [0.1, 0.15) is 31.0 Å². The molecule has 1 aromatic heterocycles. The van der Waals surface area contributed by atoms with E-state index in [0.717, 1.165) is 22.6 Å². The molecule has 0 N–H and O–H groups in total. The summed E-state index contributed by atoms with van der Waals surface area (Å²) in [6.07, 6.45) is 1.93. The van der Waals surface area contributed by atoms with E-state index in [4.69, 9.17) is 16.3 Å². The molecule has 0 aliphatic heterocycles. The zero-order valence-corrected chi connectivity index (χ0v) is 12.5. The third-order valence-corrected chi connectivity index (χ3v) is 3.47. The molecule has 0 aliphatic rings. The molecule has 19 heavy (non-hydrogen) atoms. The number of pyridine rings is 1. The molecule has 0 aliphatic carbocycles. The lowest BCUT2D eigenvalue weighted by Crippen LogP contribution is -1.98. The molecule has 0 bridgehead atoms. The summed E-state index contributed by atoms with van der Waals surface area (Å²) in [5.41, 5.74) is 4.20. The quantitative estimate of drug-likeness (QED) is 0.799. The van der Waals surface area contributed by atoms with Crippen molar-refractivity contribution < 1.29 is 4.74 Å². The Balaban J connectivity index is 2.74. The predicted molar refractivity (Wildman–Crippen MR) is 80.1 cm³/mol. The number of halogens is 1. The summed E-state index contributed by atoms with van der Waals surface area (Å²) < 4.78 is 5.45. The molecule has 3 heteroatoms. The molecule has 0 spiro atoms. The van der Waals surface area contributed by atoms with Crippen molar-refractivity contribution >= 4 is 11.6 Å². The average Bonchev–Trinajstić information content (AvgIpc) is 2.37. The van der Waals surface area contributed by atoms with Crippen LogP contribution in [-0.4, -0.2) is 12.1 Å². The predicted octanol–water partition coefficient (Wildman–Crippen LogP) is 4.84. The summed E-state index contributed by atoms with van der Waals surface area (Å²) >= 11 is 6.37. The van der Waals surface area contributed by atoms with E-state index >= 15 is 0 Å². The minimum Gasteiger partial charge on any atom is -0.496 e. The highest BCUT2D eigenvalue weighted by Gasteiger charge is 2.16. The van der Waals surface area contributed by atoms with Crippen LogP contribution in [0.2, 0.25) is 5.02 Å². The molecule has 0 unspecified atom stereocenters. The molecule has 0 amide bonds. The molecule has 0 fully saturated rings. The van der Waals surface area contributed by atoms with Gasteiger partial charge in [0.1, 0.15) is 5.75 Å². The first-order valence-electron chi connectivity index (χ1n) is 6.34. The number of benzene rings is 1. The van der Waals surface area contributed by atoms with Crippen LogP contribution in [0.4, 0.5) is 0 Å². The Morgan fingerprint density at radius 3 is 2.63 bits per heavy atom. The van der Waals surface area contributed by atoms with E-state index in [-0.39, 0.29) is 0 Å². The first-order chi connectivity index (χ1) is 9.04. The Hall–Kier alpha value is -1.54. The van der Waals surface area contributed by atoms with Gasteiger partial charge in [0.15, 0.2) is 0 Å². The lowest BCUT2D eigenvalue weighted by atomic mass is 9.93. The number of hydrogen-bond donors (Lipinski definition) is 0. The number of rotatable bonds is 3. The maximum atomic E-state index is 6.37. The summed E-state index contributed by atoms with van der Waals surface area (Å²) in [4.78, 5) is 4.39. The second kappa shape index (κ2) is 5.62. The molecule has 1 aromatic carbocycles. The Labute approximate surface area is 119 Å². The topological polar surface area (TPSA) is 22.1 Å². The van der Waals surface area contributed by atoms with E-state index < -0.39 is 0 Å². The number of ether oxygens (including phenoxy) is 1. The zero-order valence-electron chi connectivity index (χ0n) is 11.7. The van der Waals surface area contributed by atoms with Gasteiger partial charge < -0.3 is 4.74 Å². The molecule has 0 saturated heterocycles. The van der Waals surface area contributed by atoms with Crippen LogP contribution in [0.3, 0.4) is 0 Å². The zero-order chi connectivity index (χ0) is 14.0. The molecule has 1 heterocycles. The maximum absolute atomic E-state index is 6.37. The van der Waals surface area contributed by atoms with Crippen molar-refractivity contribution in [1.29, 1.82) is 0 Å². The second-order valence-corrected chi connectivity index (χ2v) is 5.29. The SMILES string of the molecule is COc1cccc(Cl)c1-c1cc(C)ncc1C(C)C. The van der Waals surface area contributed by atoms with Gasteiger partial charge in [0, 0.05) is 17.5 Å². The first kappa shape index (κ1) is 13.9. The highest BCUT2D eigenvalue weighted by Crippen LogP contribution is 2.40. The van der Waals surface area contributed by atoms with Crippen molar-refractivity contribution in [1.82, 2.24) is 4.98 Å². The lowest BCUT2D eigenvalue weighted by Gasteiger charge is -2.17. The molecular weight excluding hydrogens is 258 g/mol. The van der Waals surface area contributed by atoms with Crippen LogP contribution in [0.25, 0.3) is 11.1 Å². The highest BCUT2D eigenvalue weighted by molar-refractivity contribution is 6.33. The first-order valence-corrected chi connectivity index (χ1v) is 6.71.